The molecule has 0 fully saturated rings. The van der Waals surface area contributed by atoms with E-state index in [0.29, 0.717) is 6.42 Å². The van der Waals surface area contributed by atoms with Gasteiger partial charge < -0.3 is 9.84 Å². The molecule has 0 aliphatic heterocycles. The van der Waals surface area contributed by atoms with Crippen molar-refractivity contribution in [1.82, 2.24) is 0 Å². The van der Waals surface area contributed by atoms with Gasteiger partial charge in [0.15, 0.2) is 11.6 Å². The van der Waals surface area contributed by atoms with Crippen molar-refractivity contribution in [3.05, 3.63) is 33.9 Å². The Morgan fingerprint density at radius 2 is 2.06 bits per heavy atom. The molecule has 90 valence electrons. The third kappa shape index (κ3) is 2.90. The van der Waals surface area contributed by atoms with Gasteiger partial charge in [0.2, 0.25) is 0 Å². The lowest BCUT2D eigenvalue weighted by molar-refractivity contribution is 0.180. The zero-order valence-electron chi connectivity index (χ0n) is 8.90. The molecule has 1 rings (SSSR count). The predicted octanol–water partition coefficient (Wildman–Crippen LogP) is 2.69. The number of aliphatic hydroxyl groups excluding tert-OH is 1. The summed E-state index contributed by atoms with van der Waals surface area (Å²) in [6.07, 6.45) is 0.628. The van der Waals surface area contributed by atoms with E-state index in [1.807, 2.05) is 0 Å². The zero-order valence-corrected chi connectivity index (χ0v) is 9.65. The SMILES string of the molecule is COCc1c(Cl)cc(CCCO)c(F)c1F. The molecule has 16 heavy (non-hydrogen) atoms. The van der Waals surface area contributed by atoms with Crippen molar-refractivity contribution in [3.8, 4) is 0 Å². The van der Waals surface area contributed by atoms with Gasteiger partial charge >= 0.3 is 0 Å². The van der Waals surface area contributed by atoms with Crippen LogP contribution in [0.25, 0.3) is 0 Å². The van der Waals surface area contributed by atoms with Gasteiger partial charge in [0.1, 0.15) is 0 Å². The highest BCUT2D eigenvalue weighted by molar-refractivity contribution is 6.31. The lowest BCUT2D eigenvalue weighted by Gasteiger charge is -2.10. The molecule has 0 unspecified atom stereocenters. The molecule has 0 saturated carbocycles. The lowest BCUT2D eigenvalue weighted by Crippen LogP contribution is -2.03. The Hall–Kier alpha value is -0.710. The fourth-order valence-corrected chi connectivity index (χ4v) is 1.68. The molecule has 0 heterocycles. The topological polar surface area (TPSA) is 29.5 Å². The van der Waals surface area contributed by atoms with E-state index < -0.39 is 11.6 Å². The van der Waals surface area contributed by atoms with Crippen LogP contribution in [0.2, 0.25) is 5.02 Å². The summed E-state index contributed by atoms with van der Waals surface area (Å²) in [4.78, 5) is 0. The van der Waals surface area contributed by atoms with Crippen LogP contribution in [0.4, 0.5) is 8.78 Å². The molecule has 0 atom stereocenters. The van der Waals surface area contributed by atoms with Gasteiger partial charge in [-0.1, -0.05) is 11.6 Å². The molecular formula is C11H13ClF2O2. The quantitative estimate of drug-likeness (QED) is 0.815. The molecule has 2 nitrogen and oxygen atoms in total. The van der Waals surface area contributed by atoms with Crippen LogP contribution in [-0.2, 0) is 17.8 Å². The number of aryl methyl sites for hydroxylation is 1. The first kappa shape index (κ1) is 13.4. The second-order valence-electron chi connectivity index (χ2n) is 3.38. The molecule has 0 aliphatic carbocycles. The van der Waals surface area contributed by atoms with E-state index in [9.17, 15) is 8.78 Å². The maximum absolute atomic E-state index is 13.5. The number of hydrogen-bond acceptors (Lipinski definition) is 2. The average molecular weight is 251 g/mol. The summed E-state index contributed by atoms with van der Waals surface area (Å²) < 4.78 is 31.8. The smallest absolute Gasteiger partial charge is 0.166 e. The fraction of sp³-hybridized carbons (Fsp3) is 0.455. The minimum absolute atomic E-state index is 0.0226. The van der Waals surface area contributed by atoms with Crippen molar-refractivity contribution < 1.29 is 18.6 Å². The van der Waals surface area contributed by atoms with Crippen LogP contribution in [0.15, 0.2) is 6.07 Å². The van der Waals surface area contributed by atoms with Crippen LogP contribution in [0.5, 0.6) is 0 Å². The molecule has 1 N–H and O–H groups in total. The van der Waals surface area contributed by atoms with E-state index in [4.69, 9.17) is 21.4 Å². The van der Waals surface area contributed by atoms with Crippen LogP contribution >= 0.6 is 11.6 Å². The normalized spacial score (nSPS) is 10.8. The first-order chi connectivity index (χ1) is 7.61. The van der Waals surface area contributed by atoms with Crippen LogP contribution < -0.4 is 0 Å². The van der Waals surface area contributed by atoms with Gasteiger partial charge in [0, 0.05) is 24.3 Å². The van der Waals surface area contributed by atoms with Gasteiger partial charge in [-0.05, 0) is 24.5 Å². The molecule has 1 aromatic carbocycles. The van der Waals surface area contributed by atoms with Gasteiger partial charge in [-0.3, -0.25) is 0 Å². The van der Waals surface area contributed by atoms with Crippen LogP contribution in [0.1, 0.15) is 17.5 Å². The number of hydrogen-bond donors (Lipinski definition) is 1. The third-order valence-electron chi connectivity index (χ3n) is 2.22. The Bertz CT molecular complexity index is 369. The van der Waals surface area contributed by atoms with E-state index in [1.165, 1.54) is 13.2 Å². The number of benzene rings is 1. The number of ether oxygens (including phenoxy) is 1. The maximum Gasteiger partial charge on any atom is 0.166 e. The first-order valence-corrected chi connectivity index (χ1v) is 5.24. The molecule has 1 aromatic rings. The largest absolute Gasteiger partial charge is 0.396 e. The van der Waals surface area contributed by atoms with Gasteiger partial charge in [-0.15, -0.1) is 0 Å². The van der Waals surface area contributed by atoms with Crippen molar-refractivity contribution in [1.29, 1.82) is 0 Å². The molecule has 0 aromatic heterocycles. The van der Waals surface area contributed by atoms with Crippen molar-refractivity contribution >= 4 is 11.6 Å². The molecule has 0 saturated heterocycles. The summed E-state index contributed by atoms with van der Waals surface area (Å²) in [5, 5.41) is 8.77. The highest BCUT2D eigenvalue weighted by Gasteiger charge is 2.16. The van der Waals surface area contributed by atoms with Crippen molar-refractivity contribution in [2.75, 3.05) is 13.7 Å². The molecule has 0 aliphatic rings. The minimum atomic E-state index is -0.970. The Kier molecular flexibility index (Phi) is 5.12. The number of rotatable bonds is 5. The maximum atomic E-state index is 13.5. The van der Waals surface area contributed by atoms with Crippen LogP contribution in [0, 0.1) is 11.6 Å². The van der Waals surface area contributed by atoms with Crippen LogP contribution in [-0.4, -0.2) is 18.8 Å². The Balaban J connectivity index is 3.06. The Morgan fingerprint density at radius 1 is 1.38 bits per heavy atom. The van der Waals surface area contributed by atoms with E-state index in [0.717, 1.165) is 0 Å². The van der Waals surface area contributed by atoms with E-state index in [1.54, 1.807) is 0 Å². The molecule has 0 spiro atoms. The first-order valence-electron chi connectivity index (χ1n) is 4.86. The summed E-state index contributed by atoms with van der Waals surface area (Å²) in [5.41, 5.74) is 0.200. The standard InChI is InChI=1S/C11H13ClF2O2/c1-16-6-8-9(12)5-7(3-2-4-15)10(13)11(8)14/h5,15H,2-4,6H2,1H3. The predicted molar refractivity (Wildman–Crippen MR) is 57.5 cm³/mol. The van der Waals surface area contributed by atoms with Crippen LogP contribution in [0.3, 0.4) is 0 Å². The summed E-state index contributed by atoms with van der Waals surface area (Å²) in [5.74, 6) is -1.88. The number of aliphatic hydroxyl groups is 1. The second kappa shape index (κ2) is 6.13. The summed E-state index contributed by atoms with van der Waals surface area (Å²) in [7, 11) is 1.38. The van der Waals surface area contributed by atoms with Gasteiger partial charge in [0.25, 0.3) is 0 Å². The minimum Gasteiger partial charge on any atom is -0.396 e. The summed E-state index contributed by atoms with van der Waals surface area (Å²) in [6.45, 7) is -0.139. The number of methoxy groups -OCH3 is 1. The van der Waals surface area contributed by atoms with Crippen molar-refractivity contribution in [2.45, 2.75) is 19.4 Å². The zero-order chi connectivity index (χ0) is 12.1. The van der Waals surface area contributed by atoms with E-state index in [-0.39, 0.29) is 35.8 Å². The van der Waals surface area contributed by atoms with Gasteiger partial charge in [-0.2, -0.15) is 0 Å². The van der Waals surface area contributed by atoms with Crippen molar-refractivity contribution in [3.63, 3.8) is 0 Å². The molecule has 0 bridgehead atoms. The Labute approximate surface area is 97.8 Å². The highest BCUT2D eigenvalue weighted by Crippen LogP contribution is 2.26. The average Bonchev–Trinajstić information content (AvgIpc) is 2.27. The monoisotopic (exact) mass is 250 g/mol. The molecule has 0 radical (unpaired) electrons. The summed E-state index contributed by atoms with van der Waals surface area (Å²) >= 11 is 5.82. The molecule has 5 heteroatoms. The molecular weight excluding hydrogens is 238 g/mol. The number of halogens is 3. The van der Waals surface area contributed by atoms with Gasteiger partial charge in [0.05, 0.1) is 6.61 Å². The molecule has 0 amide bonds. The second-order valence-corrected chi connectivity index (χ2v) is 3.79. The lowest BCUT2D eigenvalue weighted by atomic mass is 10.1. The summed E-state index contributed by atoms with van der Waals surface area (Å²) in [6, 6.07) is 1.38. The fourth-order valence-electron chi connectivity index (χ4n) is 1.41. The van der Waals surface area contributed by atoms with E-state index >= 15 is 0 Å². The van der Waals surface area contributed by atoms with E-state index in [2.05, 4.69) is 0 Å². The van der Waals surface area contributed by atoms with Gasteiger partial charge in [-0.25, -0.2) is 8.78 Å². The third-order valence-corrected chi connectivity index (χ3v) is 2.56. The highest BCUT2D eigenvalue weighted by atomic mass is 35.5. The Morgan fingerprint density at radius 3 is 2.62 bits per heavy atom. The van der Waals surface area contributed by atoms with Crippen molar-refractivity contribution in [2.24, 2.45) is 0 Å².